The molecule has 138 valence electrons. The predicted molar refractivity (Wildman–Crippen MR) is 77.8 cm³/mol. The van der Waals surface area contributed by atoms with Gasteiger partial charge in [0.2, 0.25) is 5.84 Å². The summed E-state index contributed by atoms with van der Waals surface area (Å²) in [5.41, 5.74) is 2.16. The number of rotatable bonds is 7. The SMILES string of the molecule is NC(=NCCCCc1c(N=O)cc(C(F)(F)F)cc1N=O)C(F)(F)F. The van der Waals surface area contributed by atoms with E-state index < -0.39 is 35.1 Å². The Bertz CT molecular complexity index is 640. The molecule has 0 aliphatic carbocycles. The number of hydrogen-bond donors (Lipinski definition) is 1. The molecule has 0 radical (unpaired) electrons. The number of nitrogens with two attached hydrogens (primary N) is 1. The molecule has 0 aromatic heterocycles. The van der Waals surface area contributed by atoms with Gasteiger partial charge in [0, 0.05) is 12.1 Å². The molecule has 0 heterocycles. The fourth-order valence-corrected chi connectivity index (χ4v) is 1.93. The van der Waals surface area contributed by atoms with Crippen LogP contribution in [0.4, 0.5) is 37.7 Å². The second-order valence-electron chi connectivity index (χ2n) is 4.90. The highest BCUT2D eigenvalue weighted by Gasteiger charge is 2.33. The van der Waals surface area contributed by atoms with E-state index in [2.05, 4.69) is 15.3 Å². The Morgan fingerprint density at radius 1 is 0.960 bits per heavy atom. The van der Waals surface area contributed by atoms with Crippen LogP contribution in [-0.2, 0) is 12.6 Å². The van der Waals surface area contributed by atoms with Gasteiger partial charge in [-0.25, -0.2) is 0 Å². The minimum absolute atomic E-state index is 0.0816. The molecule has 0 fully saturated rings. The summed E-state index contributed by atoms with van der Waals surface area (Å²) in [6.07, 6.45) is -9.39. The topological polar surface area (TPSA) is 97.2 Å². The summed E-state index contributed by atoms with van der Waals surface area (Å²) in [4.78, 5) is 24.6. The average Bonchev–Trinajstić information content (AvgIpc) is 2.51. The second kappa shape index (κ2) is 8.03. The first-order chi connectivity index (χ1) is 11.5. The molecule has 1 aromatic rings. The Labute approximate surface area is 137 Å². The maximum Gasteiger partial charge on any atom is 0.448 e. The molecular formula is C13H12F6N4O2. The van der Waals surface area contributed by atoms with E-state index in [0.717, 1.165) is 0 Å². The van der Waals surface area contributed by atoms with E-state index in [9.17, 15) is 36.2 Å². The van der Waals surface area contributed by atoms with Crippen LogP contribution < -0.4 is 5.73 Å². The molecule has 0 aliphatic heterocycles. The molecule has 0 spiro atoms. The lowest BCUT2D eigenvalue weighted by molar-refractivity contribution is -0.137. The average molecular weight is 370 g/mol. The fraction of sp³-hybridized carbons (Fsp3) is 0.462. The molecule has 0 bridgehead atoms. The van der Waals surface area contributed by atoms with Gasteiger partial charge in [-0.3, -0.25) is 4.99 Å². The Balaban J connectivity index is 2.85. The molecule has 1 rings (SSSR count). The highest BCUT2D eigenvalue weighted by Crippen LogP contribution is 2.39. The molecular weight excluding hydrogens is 358 g/mol. The number of alkyl halides is 6. The molecule has 6 nitrogen and oxygen atoms in total. The third kappa shape index (κ3) is 5.80. The lowest BCUT2D eigenvalue weighted by Crippen LogP contribution is -2.31. The first kappa shape index (κ1) is 20.5. The van der Waals surface area contributed by atoms with Crippen molar-refractivity contribution < 1.29 is 26.3 Å². The van der Waals surface area contributed by atoms with Crippen LogP contribution >= 0.6 is 0 Å². The maximum absolute atomic E-state index is 12.7. The number of hydrogen-bond acceptors (Lipinski definition) is 5. The third-order valence-corrected chi connectivity index (χ3v) is 3.13. The van der Waals surface area contributed by atoms with Gasteiger partial charge in [-0.05, 0) is 41.7 Å². The molecule has 0 unspecified atom stereocenters. The van der Waals surface area contributed by atoms with E-state index in [4.69, 9.17) is 5.73 Å². The summed E-state index contributed by atoms with van der Waals surface area (Å²) in [7, 11) is 0. The number of nitrogens with zero attached hydrogens (tertiary/aromatic N) is 3. The van der Waals surface area contributed by atoms with Crippen LogP contribution in [-0.4, -0.2) is 18.6 Å². The Kier molecular flexibility index (Phi) is 6.59. The van der Waals surface area contributed by atoms with Gasteiger partial charge in [0.05, 0.1) is 5.56 Å². The summed E-state index contributed by atoms with van der Waals surface area (Å²) in [5, 5.41) is 4.94. The van der Waals surface area contributed by atoms with Crippen molar-refractivity contribution in [2.75, 3.05) is 6.54 Å². The maximum atomic E-state index is 12.7. The number of halogens is 6. The highest BCUT2D eigenvalue weighted by atomic mass is 19.4. The lowest BCUT2D eigenvalue weighted by Gasteiger charge is -2.11. The quantitative estimate of drug-likeness (QED) is 0.247. The minimum atomic E-state index is -4.79. The van der Waals surface area contributed by atoms with Gasteiger partial charge in [0.1, 0.15) is 11.4 Å². The molecule has 1 aromatic carbocycles. The molecule has 0 atom stereocenters. The smallest absolute Gasteiger partial charge is 0.380 e. The number of amidine groups is 1. The first-order valence-electron chi connectivity index (χ1n) is 6.78. The van der Waals surface area contributed by atoms with Gasteiger partial charge >= 0.3 is 12.4 Å². The van der Waals surface area contributed by atoms with Crippen molar-refractivity contribution in [3.05, 3.63) is 33.1 Å². The van der Waals surface area contributed by atoms with Gasteiger partial charge in [-0.1, -0.05) is 0 Å². The predicted octanol–water partition coefficient (Wildman–Crippen LogP) is 4.74. The summed E-state index contributed by atoms with van der Waals surface area (Å²) in [6, 6.07) is 0.966. The van der Waals surface area contributed by atoms with Crippen molar-refractivity contribution in [2.24, 2.45) is 21.1 Å². The minimum Gasteiger partial charge on any atom is -0.380 e. The van der Waals surface area contributed by atoms with Gasteiger partial charge in [0.15, 0.2) is 0 Å². The van der Waals surface area contributed by atoms with Crippen LogP contribution in [0.2, 0.25) is 0 Å². The van der Waals surface area contributed by atoms with Crippen molar-refractivity contribution in [2.45, 2.75) is 31.6 Å². The van der Waals surface area contributed by atoms with Crippen molar-refractivity contribution in [3.8, 4) is 0 Å². The summed E-state index contributed by atoms with van der Waals surface area (Å²) < 4.78 is 74.4. The van der Waals surface area contributed by atoms with Crippen molar-refractivity contribution in [1.82, 2.24) is 0 Å². The largest absolute Gasteiger partial charge is 0.448 e. The molecule has 2 N–H and O–H groups in total. The van der Waals surface area contributed by atoms with E-state index in [-0.39, 0.29) is 31.4 Å². The molecule has 0 amide bonds. The summed E-state index contributed by atoms with van der Waals surface area (Å²) >= 11 is 0. The fourth-order valence-electron chi connectivity index (χ4n) is 1.93. The number of benzene rings is 1. The lowest BCUT2D eigenvalue weighted by atomic mass is 10.0. The molecule has 0 aliphatic rings. The zero-order chi connectivity index (χ0) is 19.3. The standard InChI is InChI=1S/C13H12F6N4O2/c14-12(15,16)7-5-9(22-24)8(10(6-7)23-25)3-1-2-4-21-11(20)13(17,18)19/h5-6H,1-4H2,(H2,20,21). The van der Waals surface area contributed by atoms with Crippen molar-refractivity contribution >= 4 is 17.2 Å². The van der Waals surface area contributed by atoms with Crippen LogP contribution in [0.15, 0.2) is 27.5 Å². The van der Waals surface area contributed by atoms with E-state index in [1.54, 1.807) is 0 Å². The zero-order valence-electron chi connectivity index (χ0n) is 12.5. The zero-order valence-corrected chi connectivity index (χ0v) is 12.5. The third-order valence-electron chi connectivity index (χ3n) is 3.13. The van der Waals surface area contributed by atoms with Crippen LogP contribution in [0.1, 0.15) is 24.0 Å². The van der Waals surface area contributed by atoms with Crippen LogP contribution in [0.25, 0.3) is 0 Å². The Morgan fingerprint density at radius 2 is 1.48 bits per heavy atom. The van der Waals surface area contributed by atoms with Gasteiger partial charge in [-0.2, -0.15) is 26.3 Å². The van der Waals surface area contributed by atoms with Gasteiger partial charge in [-0.15, -0.1) is 9.81 Å². The summed E-state index contributed by atoms with van der Waals surface area (Å²) in [5.74, 6) is -1.49. The van der Waals surface area contributed by atoms with Crippen molar-refractivity contribution in [1.29, 1.82) is 0 Å². The number of nitroso groups, excluding NO2 is 2. The monoisotopic (exact) mass is 370 g/mol. The number of unbranched alkanes of at least 4 members (excludes halogenated alkanes) is 1. The highest BCUT2D eigenvalue weighted by molar-refractivity contribution is 5.85. The Morgan fingerprint density at radius 3 is 1.88 bits per heavy atom. The first-order valence-corrected chi connectivity index (χ1v) is 6.78. The van der Waals surface area contributed by atoms with Crippen LogP contribution in [0.5, 0.6) is 0 Å². The van der Waals surface area contributed by atoms with Gasteiger partial charge < -0.3 is 5.73 Å². The number of aliphatic imine (C=N–C) groups is 1. The van der Waals surface area contributed by atoms with Gasteiger partial charge in [0.25, 0.3) is 0 Å². The summed E-state index contributed by atoms with van der Waals surface area (Å²) in [6.45, 7) is -0.278. The Hall–Kier alpha value is -2.53. The second-order valence-corrected chi connectivity index (χ2v) is 4.90. The normalized spacial score (nSPS) is 13.0. The van der Waals surface area contributed by atoms with Crippen LogP contribution in [0, 0.1) is 9.81 Å². The van der Waals surface area contributed by atoms with E-state index in [1.807, 2.05) is 0 Å². The molecule has 12 heteroatoms. The molecule has 0 saturated carbocycles. The molecule has 0 saturated heterocycles. The molecule has 25 heavy (non-hydrogen) atoms. The van der Waals surface area contributed by atoms with Crippen molar-refractivity contribution in [3.63, 3.8) is 0 Å². The van der Waals surface area contributed by atoms with E-state index in [1.165, 1.54) is 0 Å². The van der Waals surface area contributed by atoms with E-state index >= 15 is 0 Å². The van der Waals surface area contributed by atoms with Crippen LogP contribution in [0.3, 0.4) is 0 Å². The van der Waals surface area contributed by atoms with E-state index in [0.29, 0.717) is 12.1 Å².